The van der Waals surface area contributed by atoms with E-state index in [2.05, 4.69) is 9.97 Å². The number of aryl methyl sites for hydroxylation is 1. The second-order valence-corrected chi connectivity index (χ2v) is 4.65. The number of nitrogens with two attached hydrogens (primary N) is 1. The van der Waals surface area contributed by atoms with Crippen LogP contribution in [0.3, 0.4) is 0 Å². The van der Waals surface area contributed by atoms with Crippen LogP contribution in [-0.4, -0.2) is 28.4 Å². The van der Waals surface area contributed by atoms with Gasteiger partial charge in [-0.05, 0) is 19.8 Å². The first-order chi connectivity index (χ1) is 7.24. The van der Waals surface area contributed by atoms with Gasteiger partial charge in [0.15, 0.2) is 5.16 Å². The van der Waals surface area contributed by atoms with Crippen molar-refractivity contribution in [2.45, 2.75) is 31.0 Å². The number of thioether (sulfide) groups is 1. The molecule has 0 saturated carbocycles. The summed E-state index contributed by atoms with van der Waals surface area (Å²) in [6, 6.07) is 1.77. The Bertz CT molecular complexity index is 319. The van der Waals surface area contributed by atoms with Crippen LogP contribution >= 0.6 is 11.8 Å². The number of ether oxygens (including phenoxy) is 1. The molecule has 0 amide bonds. The van der Waals surface area contributed by atoms with Gasteiger partial charge in [-0.3, -0.25) is 0 Å². The quantitative estimate of drug-likeness (QED) is 0.626. The summed E-state index contributed by atoms with van der Waals surface area (Å²) in [7, 11) is 0. The maximum atomic E-state index is 5.65. The molecule has 4 nitrogen and oxygen atoms in total. The summed E-state index contributed by atoms with van der Waals surface area (Å²) in [4.78, 5) is 8.48. The third-order valence-electron chi connectivity index (χ3n) is 2.28. The Kier molecular flexibility index (Phi) is 3.43. The number of hydrogen-bond acceptors (Lipinski definition) is 5. The highest BCUT2D eigenvalue weighted by Gasteiger charge is 2.16. The standard InChI is InChI=1S/C10H15N3OS/c1-7-5-9(11)13-10(12-7)15-6-8-3-2-4-14-8/h5,8H,2-4,6H2,1H3,(H2,11,12,13). The van der Waals surface area contributed by atoms with Gasteiger partial charge in [-0.15, -0.1) is 0 Å². The van der Waals surface area contributed by atoms with E-state index in [-0.39, 0.29) is 0 Å². The minimum atomic E-state index is 0.361. The number of nitrogen functional groups attached to an aromatic ring is 1. The highest BCUT2D eigenvalue weighted by Crippen LogP contribution is 2.21. The molecule has 5 heteroatoms. The third-order valence-corrected chi connectivity index (χ3v) is 3.26. The summed E-state index contributed by atoms with van der Waals surface area (Å²) in [6.07, 6.45) is 2.68. The maximum absolute atomic E-state index is 5.65. The van der Waals surface area contributed by atoms with E-state index in [0.717, 1.165) is 29.6 Å². The highest BCUT2D eigenvalue weighted by atomic mass is 32.2. The molecule has 82 valence electrons. The lowest BCUT2D eigenvalue weighted by atomic mass is 10.3. The van der Waals surface area contributed by atoms with Crippen molar-refractivity contribution in [3.63, 3.8) is 0 Å². The first kappa shape index (κ1) is 10.7. The summed E-state index contributed by atoms with van der Waals surface area (Å²) in [5, 5.41) is 0.753. The van der Waals surface area contributed by atoms with Crippen LogP contribution in [0.4, 0.5) is 5.82 Å². The Balaban J connectivity index is 1.92. The second-order valence-electron chi connectivity index (χ2n) is 3.66. The zero-order valence-electron chi connectivity index (χ0n) is 8.77. The van der Waals surface area contributed by atoms with E-state index in [0.29, 0.717) is 11.9 Å². The lowest BCUT2D eigenvalue weighted by molar-refractivity contribution is 0.129. The molecular weight excluding hydrogens is 210 g/mol. The van der Waals surface area contributed by atoms with Gasteiger partial charge in [0.25, 0.3) is 0 Å². The summed E-state index contributed by atoms with van der Waals surface area (Å²) in [6.45, 7) is 2.82. The second kappa shape index (κ2) is 4.81. The molecule has 2 N–H and O–H groups in total. The maximum Gasteiger partial charge on any atom is 0.189 e. The van der Waals surface area contributed by atoms with Gasteiger partial charge in [-0.25, -0.2) is 9.97 Å². The van der Waals surface area contributed by atoms with Crippen molar-refractivity contribution in [2.24, 2.45) is 0 Å². The molecule has 0 radical (unpaired) electrons. The fourth-order valence-corrected chi connectivity index (χ4v) is 2.55. The molecule has 1 aliphatic rings. The summed E-state index contributed by atoms with van der Waals surface area (Å²) in [5.74, 6) is 1.46. The van der Waals surface area contributed by atoms with Crippen LogP contribution in [0.5, 0.6) is 0 Å². The van der Waals surface area contributed by atoms with Crippen LogP contribution in [-0.2, 0) is 4.74 Å². The van der Waals surface area contributed by atoms with Crippen molar-refractivity contribution >= 4 is 17.6 Å². The molecule has 0 aliphatic carbocycles. The Hall–Kier alpha value is -0.810. The van der Waals surface area contributed by atoms with Gasteiger partial charge in [0.2, 0.25) is 0 Å². The molecule has 1 saturated heterocycles. The molecule has 1 fully saturated rings. The van der Waals surface area contributed by atoms with E-state index in [9.17, 15) is 0 Å². The molecule has 1 aromatic heterocycles. The van der Waals surface area contributed by atoms with Gasteiger partial charge in [0.1, 0.15) is 5.82 Å². The molecule has 0 aromatic carbocycles. The van der Waals surface area contributed by atoms with Crippen LogP contribution in [0, 0.1) is 6.92 Å². The number of anilines is 1. The number of aromatic nitrogens is 2. The molecule has 1 unspecified atom stereocenters. The van der Waals surface area contributed by atoms with Gasteiger partial charge < -0.3 is 10.5 Å². The fourth-order valence-electron chi connectivity index (χ4n) is 1.57. The molecule has 1 atom stereocenters. The van der Waals surface area contributed by atoms with E-state index in [1.165, 1.54) is 6.42 Å². The van der Waals surface area contributed by atoms with E-state index in [1.54, 1.807) is 17.8 Å². The minimum Gasteiger partial charge on any atom is -0.384 e. The van der Waals surface area contributed by atoms with Crippen LogP contribution in [0.25, 0.3) is 0 Å². The topological polar surface area (TPSA) is 61.0 Å². The first-order valence-corrected chi connectivity index (χ1v) is 6.08. The monoisotopic (exact) mass is 225 g/mol. The van der Waals surface area contributed by atoms with E-state index < -0.39 is 0 Å². The van der Waals surface area contributed by atoms with E-state index >= 15 is 0 Å². The zero-order valence-corrected chi connectivity index (χ0v) is 9.59. The summed E-state index contributed by atoms with van der Waals surface area (Å²) >= 11 is 1.62. The Morgan fingerprint density at radius 2 is 2.47 bits per heavy atom. The van der Waals surface area contributed by atoms with E-state index in [4.69, 9.17) is 10.5 Å². The predicted octanol–water partition coefficient (Wildman–Crippen LogP) is 1.64. The van der Waals surface area contributed by atoms with Crippen molar-refractivity contribution in [3.05, 3.63) is 11.8 Å². The third kappa shape index (κ3) is 3.07. The molecule has 0 bridgehead atoms. The first-order valence-electron chi connectivity index (χ1n) is 5.09. The molecule has 15 heavy (non-hydrogen) atoms. The Morgan fingerprint density at radius 1 is 1.60 bits per heavy atom. The van der Waals surface area contributed by atoms with Crippen molar-refractivity contribution in [1.29, 1.82) is 0 Å². The smallest absolute Gasteiger partial charge is 0.189 e. The average molecular weight is 225 g/mol. The van der Waals surface area contributed by atoms with Crippen molar-refractivity contribution in [3.8, 4) is 0 Å². The fraction of sp³-hybridized carbons (Fsp3) is 0.600. The molecule has 1 aliphatic heterocycles. The summed E-state index contributed by atoms with van der Waals surface area (Å²) in [5.41, 5.74) is 6.56. The van der Waals surface area contributed by atoms with Crippen LogP contribution in [0.1, 0.15) is 18.5 Å². The van der Waals surface area contributed by atoms with Crippen molar-refractivity contribution < 1.29 is 4.74 Å². The summed E-state index contributed by atoms with van der Waals surface area (Å²) < 4.78 is 5.53. The average Bonchev–Trinajstić information content (AvgIpc) is 2.65. The number of hydrogen-bond donors (Lipinski definition) is 1. The van der Waals surface area contributed by atoms with Crippen LogP contribution in [0.15, 0.2) is 11.2 Å². The molecule has 1 aromatic rings. The lowest BCUT2D eigenvalue weighted by Crippen LogP contribution is -2.08. The molecule has 2 heterocycles. The highest BCUT2D eigenvalue weighted by molar-refractivity contribution is 7.99. The Morgan fingerprint density at radius 3 is 3.13 bits per heavy atom. The molecular formula is C10H15N3OS. The van der Waals surface area contributed by atoms with Crippen LogP contribution < -0.4 is 5.73 Å². The van der Waals surface area contributed by atoms with Crippen molar-refractivity contribution in [1.82, 2.24) is 9.97 Å². The largest absolute Gasteiger partial charge is 0.384 e. The van der Waals surface area contributed by atoms with Gasteiger partial charge in [0, 0.05) is 24.1 Å². The zero-order chi connectivity index (χ0) is 10.7. The number of nitrogens with zero attached hydrogens (tertiary/aromatic N) is 2. The van der Waals surface area contributed by atoms with Gasteiger partial charge in [-0.1, -0.05) is 11.8 Å². The van der Waals surface area contributed by atoms with Gasteiger partial charge in [-0.2, -0.15) is 0 Å². The Labute approximate surface area is 93.6 Å². The van der Waals surface area contributed by atoms with Crippen LogP contribution in [0.2, 0.25) is 0 Å². The van der Waals surface area contributed by atoms with Gasteiger partial charge in [0.05, 0.1) is 6.10 Å². The number of rotatable bonds is 3. The molecule has 2 rings (SSSR count). The van der Waals surface area contributed by atoms with E-state index in [1.807, 2.05) is 6.92 Å². The SMILES string of the molecule is Cc1cc(N)nc(SCC2CCCO2)n1. The molecule has 0 spiro atoms. The normalized spacial score (nSPS) is 20.7. The van der Waals surface area contributed by atoms with Crippen molar-refractivity contribution in [2.75, 3.05) is 18.1 Å². The van der Waals surface area contributed by atoms with Gasteiger partial charge >= 0.3 is 0 Å². The lowest BCUT2D eigenvalue weighted by Gasteiger charge is -2.08. The minimum absolute atomic E-state index is 0.361. The predicted molar refractivity (Wildman–Crippen MR) is 60.9 cm³/mol.